The Balaban J connectivity index is 1.96. The summed E-state index contributed by atoms with van der Waals surface area (Å²) in [4.78, 5) is 24.4. The highest BCUT2D eigenvalue weighted by Crippen LogP contribution is 2.17. The van der Waals surface area contributed by atoms with Crippen LogP contribution in [0.3, 0.4) is 0 Å². The second-order valence-electron chi connectivity index (χ2n) is 5.97. The molecule has 0 fully saturated rings. The topological polar surface area (TPSA) is 79.5 Å². The van der Waals surface area contributed by atoms with Crippen LogP contribution in [0.1, 0.15) is 41.0 Å². The number of para-hydroxylation sites is 1. The molecule has 0 saturated carbocycles. The van der Waals surface area contributed by atoms with Crippen LogP contribution in [0.4, 0.5) is 5.69 Å². The second kappa shape index (κ2) is 9.68. The summed E-state index contributed by atoms with van der Waals surface area (Å²) in [6, 6.07) is 13.9. The van der Waals surface area contributed by atoms with Crippen molar-refractivity contribution in [3.05, 3.63) is 59.7 Å². The molecule has 0 radical (unpaired) electrons. The Kier molecular flexibility index (Phi) is 7.31. The Morgan fingerprint density at radius 1 is 1.07 bits per heavy atom. The van der Waals surface area contributed by atoms with Crippen LogP contribution in [0.2, 0.25) is 0 Å². The molecule has 2 aromatic carbocycles. The largest absolute Gasteiger partial charge is 0.496 e. The number of hydrogen-bond acceptors (Lipinski definition) is 4. The lowest BCUT2D eigenvalue weighted by Gasteiger charge is -2.13. The average molecular weight is 385 g/mol. The summed E-state index contributed by atoms with van der Waals surface area (Å²) >= 11 is 5.19. The van der Waals surface area contributed by atoms with Gasteiger partial charge in [0.2, 0.25) is 0 Å². The first-order valence-electron chi connectivity index (χ1n) is 8.60. The lowest BCUT2D eigenvalue weighted by Crippen LogP contribution is -2.34. The van der Waals surface area contributed by atoms with E-state index < -0.39 is 0 Å². The van der Waals surface area contributed by atoms with Gasteiger partial charge in [0.25, 0.3) is 11.8 Å². The van der Waals surface area contributed by atoms with Crippen LogP contribution in [-0.4, -0.2) is 30.1 Å². The molecule has 0 aliphatic heterocycles. The summed E-state index contributed by atoms with van der Waals surface area (Å²) in [7, 11) is 1.50. The van der Waals surface area contributed by atoms with Gasteiger partial charge in [0.15, 0.2) is 5.11 Å². The van der Waals surface area contributed by atoms with Gasteiger partial charge < -0.3 is 15.4 Å². The maximum absolute atomic E-state index is 12.3. The fraction of sp³-hybridized carbons (Fsp3) is 0.250. The third-order valence-electron chi connectivity index (χ3n) is 3.97. The number of thiocarbonyl (C=S) groups is 1. The number of methoxy groups -OCH3 is 1. The second-order valence-corrected chi connectivity index (χ2v) is 6.38. The number of carbonyl (C=O) groups is 2. The van der Waals surface area contributed by atoms with Crippen molar-refractivity contribution in [2.75, 3.05) is 12.4 Å². The molecule has 0 aliphatic rings. The molecule has 2 aromatic rings. The van der Waals surface area contributed by atoms with Gasteiger partial charge in [-0.25, -0.2) is 0 Å². The van der Waals surface area contributed by atoms with Crippen LogP contribution in [0.25, 0.3) is 0 Å². The normalized spacial score (nSPS) is 11.2. The molecule has 0 aliphatic carbocycles. The van der Waals surface area contributed by atoms with Crippen molar-refractivity contribution in [3.8, 4) is 5.75 Å². The zero-order valence-corrected chi connectivity index (χ0v) is 16.4. The van der Waals surface area contributed by atoms with E-state index in [2.05, 4.69) is 16.0 Å². The van der Waals surface area contributed by atoms with Crippen molar-refractivity contribution in [1.29, 1.82) is 0 Å². The van der Waals surface area contributed by atoms with E-state index in [1.54, 1.807) is 48.5 Å². The van der Waals surface area contributed by atoms with E-state index in [4.69, 9.17) is 17.0 Å². The Hall–Kier alpha value is -2.93. The van der Waals surface area contributed by atoms with Crippen molar-refractivity contribution in [3.63, 3.8) is 0 Å². The zero-order chi connectivity index (χ0) is 19.8. The molecule has 142 valence electrons. The van der Waals surface area contributed by atoms with Crippen molar-refractivity contribution in [1.82, 2.24) is 10.6 Å². The SMILES string of the molecule is CCC(C)NC(=O)c1ccc(NC(=S)NC(=O)c2ccccc2OC)cc1. The van der Waals surface area contributed by atoms with Gasteiger partial charge in [0.1, 0.15) is 5.75 Å². The van der Waals surface area contributed by atoms with Gasteiger partial charge in [0.05, 0.1) is 12.7 Å². The lowest BCUT2D eigenvalue weighted by atomic mass is 10.1. The molecular weight excluding hydrogens is 362 g/mol. The van der Waals surface area contributed by atoms with Crippen LogP contribution in [0, 0.1) is 0 Å². The third-order valence-corrected chi connectivity index (χ3v) is 4.18. The standard InChI is InChI=1S/C20H23N3O3S/c1-4-13(2)21-18(24)14-9-11-15(12-10-14)22-20(27)23-19(25)16-7-5-6-8-17(16)26-3/h5-13H,4H2,1-3H3,(H,21,24)(H2,22,23,25,27). The molecular formula is C20H23N3O3S. The van der Waals surface area contributed by atoms with Crippen molar-refractivity contribution >= 4 is 34.8 Å². The number of hydrogen-bond donors (Lipinski definition) is 3. The molecule has 0 spiro atoms. The van der Waals surface area contributed by atoms with E-state index in [-0.39, 0.29) is 23.0 Å². The minimum Gasteiger partial charge on any atom is -0.496 e. The first kappa shape index (κ1) is 20.4. The molecule has 0 saturated heterocycles. The molecule has 0 bridgehead atoms. The number of benzene rings is 2. The smallest absolute Gasteiger partial charge is 0.261 e. The van der Waals surface area contributed by atoms with Gasteiger partial charge in [-0.2, -0.15) is 0 Å². The Bertz CT molecular complexity index is 821. The molecule has 0 heterocycles. The monoisotopic (exact) mass is 385 g/mol. The van der Waals surface area contributed by atoms with Crippen LogP contribution in [0.5, 0.6) is 5.75 Å². The Morgan fingerprint density at radius 2 is 1.74 bits per heavy atom. The van der Waals surface area contributed by atoms with Crippen LogP contribution >= 0.6 is 12.2 Å². The van der Waals surface area contributed by atoms with E-state index in [0.29, 0.717) is 22.6 Å². The number of ether oxygens (including phenoxy) is 1. The summed E-state index contributed by atoms with van der Waals surface area (Å²) in [6.07, 6.45) is 0.867. The molecule has 6 nitrogen and oxygen atoms in total. The number of nitrogens with one attached hydrogen (secondary N) is 3. The molecule has 2 amide bonds. The number of amides is 2. The Labute approximate surface area is 164 Å². The van der Waals surface area contributed by atoms with Gasteiger partial charge in [-0.1, -0.05) is 19.1 Å². The molecule has 1 atom stereocenters. The fourth-order valence-electron chi connectivity index (χ4n) is 2.28. The van der Waals surface area contributed by atoms with E-state index in [9.17, 15) is 9.59 Å². The van der Waals surface area contributed by atoms with E-state index in [0.717, 1.165) is 6.42 Å². The van der Waals surface area contributed by atoms with Gasteiger partial charge in [-0.3, -0.25) is 14.9 Å². The first-order chi connectivity index (χ1) is 12.9. The van der Waals surface area contributed by atoms with E-state index >= 15 is 0 Å². The number of rotatable bonds is 6. The summed E-state index contributed by atoms with van der Waals surface area (Å²) in [5, 5.41) is 8.60. The minimum atomic E-state index is -0.366. The van der Waals surface area contributed by atoms with Crippen molar-refractivity contribution in [2.45, 2.75) is 26.3 Å². The van der Waals surface area contributed by atoms with Gasteiger partial charge >= 0.3 is 0 Å². The predicted molar refractivity (Wildman–Crippen MR) is 110 cm³/mol. The fourth-order valence-corrected chi connectivity index (χ4v) is 2.49. The van der Waals surface area contributed by atoms with E-state index in [1.807, 2.05) is 13.8 Å². The van der Waals surface area contributed by atoms with Crippen molar-refractivity contribution < 1.29 is 14.3 Å². The van der Waals surface area contributed by atoms with Crippen LogP contribution in [-0.2, 0) is 0 Å². The first-order valence-corrected chi connectivity index (χ1v) is 9.01. The highest BCUT2D eigenvalue weighted by molar-refractivity contribution is 7.80. The maximum Gasteiger partial charge on any atom is 0.261 e. The van der Waals surface area contributed by atoms with Gasteiger partial charge in [0, 0.05) is 17.3 Å². The quantitative estimate of drug-likeness (QED) is 0.665. The molecule has 1 unspecified atom stereocenters. The highest BCUT2D eigenvalue weighted by atomic mass is 32.1. The van der Waals surface area contributed by atoms with Gasteiger partial charge in [-0.15, -0.1) is 0 Å². The summed E-state index contributed by atoms with van der Waals surface area (Å²) in [5.74, 6) is -0.0214. The molecule has 2 rings (SSSR count). The minimum absolute atomic E-state index is 0.119. The van der Waals surface area contributed by atoms with Crippen molar-refractivity contribution in [2.24, 2.45) is 0 Å². The highest BCUT2D eigenvalue weighted by Gasteiger charge is 2.13. The maximum atomic E-state index is 12.3. The number of carbonyl (C=O) groups excluding carboxylic acids is 2. The molecule has 27 heavy (non-hydrogen) atoms. The molecule has 0 aromatic heterocycles. The zero-order valence-electron chi connectivity index (χ0n) is 15.5. The van der Waals surface area contributed by atoms with Gasteiger partial charge in [-0.05, 0) is 62.0 Å². The van der Waals surface area contributed by atoms with Crippen LogP contribution in [0.15, 0.2) is 48.5 Å². The lowest BCUT2D eigenvalue weighted by molar-refractivity contribution is 0.0937. The average Bonchev–Trinajstić information content (AvgIpc) is 2.68. The molecule has 3 N–H and O–H groups in total. The van der Waals surface area contributed by atoms with E-state index in [1.165, 1.54) is 7.11 Å². The summed E-state index contributed by atoms with van der Waals surface area (Å²) in [6.45, 7) is 3.97. The third kappa shape index (κ3) is 5.79. The predicted octanol–water partition coefficient (Wildman–Crippen LogP) is 3.35. The Morgan fingerprint density at radius 3 is 2.37 bits per heavy atom. The molecule has 7 heteroatoms. The number of anilines is 1. The van der Waals surface area contributed by atoms with Crippen LogP contribution < -0.4 is 20.7 Å². The summed E-state index contributed by atoms with van der Waals surface area (Å²) in [5.41, 5.74) is 1.62. The summed E-state index contributed by atoms with van der Waals surface area (Å²) < 4.78 is 5.17.